The molecule has 166 valence electrons. The predicted molar refractivity (Wildman–Crippen MR) is 116 cm³/mol. The van der Waals surface area contributed by atoms with E-state index < -0.39 is 27.8 Å². The molecule has 2 aromatic rings. The molecule has 2 aliphatic heterocycles. The zero-order valence-electron chi connectivity index (χ0n) is 17.6. The number of amides is 1. The molecule has 0 spiro atoms. The average molecular weight is 447 g/mol. The van der Waals surface area contributed by atoms with Crippen molar-refractivity contribution in [1.82, 2.24) is 4.31 Å². The van der Waals surface area contributed by atoms with Crippen molar-refractivity contribution in [2.24, 2.45) is 11.8 Å². The van der Waals surface area contributed by atoms with Crippen LogP contribution in [-0.4, -0.2) is 37.3 Å². The molecule has 1 amide bonds. The Balaban J connectivity index is 1.52. The van der Waals surface area contributed by atoms with E-state index in [2.05, 4.69) is 5.32 Å². The molecule has 5 rings (SSSR count). The van der Waals surface area contributed by atoms with Gasteiger partial charge in [0.15, 0.2) is 0 Å². The fourth-order valence-electron chi connectivity index (χ4n) is 4.60. The predicted octanol–water partition coefficient (Wildman–Crippen LogP) is 4.04. The van der Waals surface area contributed by atoms with Crippen LogP contribution < -0.4 is 10.1 Å². The van der Waals surface area contributed by atoms with Gasteiger partial charge in [0.05, 0.1) is 12.0 Å². The Bertz CT molecular complexity index is 1060. The van der Waals surface area contributed by atoms with Crippen molar-refractivity contribution in [2.45, 2.75) is 50.2 Å². The van der Waals surface area contributed by atoms with Crippen LogP contribution in [0.5, 0.6) is 5.75 Å². The second-order valence-electron chi connectivity index (χ2n) is 8.54. The number of ether oxygens (including phenoxy) is 1. The lowest BCUT2D eigenvalue weighted by Crippen LogP contribution is -2.57. The fraction of sp³-hybridized carbons (Fsp3) is 0.435. The second-order valence-corrected chi connectivity index (χ2v) is 10.4. The smallest absolute Gasteiger partial charge is 0.246 e. The molecule has 3 fully saturated rings. The molecule has 2 aromatic carbocycles. The first-order valence-electron chi connectivity index (χ1n) is 10.6. The van der Waals surface area contributed by atoms with Crippen molar-refractivity contribution in [3.63, 3.8) is 0 Å². The van der Waals surface area contributed by atoms with Gasteiger partial charge in [-0.1, -0.05) is 12.1 Å². The van der Waals surface area contributed by atoms with Gasteiger partial charge in [0.25, 0.3) is 0 Å². The number of piperidine rings is 2. The molecule has 1 aliphatic carbocycles. The number of carbonyl (C=O) groups excluding carboxylic acids is 1. The average Bonchev–Trinajstić information content (AvgIpc) is 2.75. The summed E-state index contributed by atoms with van der Waals surface area (Å²) in [6, 6.07) is 12.0. The maximum Gasteiger partial charge on any atom is 0.246 e. The van der Waals surface area contributed by atoms with E-state index in [1.54, 1.807) is 24.3 Å². The van der Waals surface area contributed by atoms with Gasteiger partial charge in [-0.2, -0.15) is 4.31 Å². The molecule has 31 heavy (non-hydrogen) atoms. The number of fused-ring (bicyclic) bond motifs is 3. The molecule has 0 radical (unpaired) electrons. The van der Waals surface area contributed by atoms with Gasteiger partial charge in [-0.3, -0.25) is 4.79 Å². The Morgan fingerprint density at radius 3 is 2.48 bits per heavy atom. The van der Waals surface area contributed by atoms with Crippen molar-refractivity contribution in [2.75, 3.05) is 11.9 Å². The van der Waals surface area contributed by atoms with Gasteiger partial charge in [-0.25, -0.2) is 12.8 Å². The normalized spacial score (nSPS) is 23.7. The number of halogens is 1. The first kappa shape index (κ1) is 21.8. The summed E-state index contributed by atoms with van der Waals surface area (Å²) in [6.07, 6.45) is 2.16. The zero-order chi connectivity index (χ0) is 22.2. The van der Waals surface area contributed by atoms with Crippen molar-refractivity contribution in [3.8, 4) is 5.75 Å². The Morgan fingerprint density at radius 2 is 1.84 bits per heavy atom. The number of carbonyl (C=O) groups is 1. The first-order chi connectivity index (χ1) is 14.8. The Morgan fingerprint density at radius 1 is 1.13 bits per heavy atom. The third-order valence-corrected chi connectivity index (χ3v) is 7.91. The lowest BCUT2D eigenvalue weighted by Gasteiger charge is -2.48. The Labute approximate surface area is 182 Å². The van der Waals surface area contributed by atoms with E-state index >= 15 is 0 Å². The molecule has 2 bridgehead atoms. The van der Waals surface area contributed by atoms with Crippen molar-refractivity contribution in [1.29, 1.82) is 0 Å². The number of nitrogens with one attached hydrogen (secondary N) is 1. The Hall–Kier alpha value is -2.45. The van der Waals surface area contributed by atoms with Crippen molar-refractivity contribution >= 4 is 21.6 Å². The summed E-state index contributed by atoms with van der Waals surface area (Å²) in [5.74, 6) is -0.647. The zero-order valence-corrected chi connectivity index (χ0v) is 18.4. The molecule has 0 aromatic heterocycles. The van der Waals surface area contributed by atoms with Crippen LogP contribution >= 0.6 is 0 Å². The number of benzene rings is 2. The number of rotatable bonds is 6. The molecule has 6 nitrogen and oxygen atoms in total. The number of hydrogen-bond donors (Lipinski definition) is 1. The largest absolute Gasteiger partial charge is 0.491 e. The topological polar surface area (TPSA) is 75.7 Å². The summed E-state index contributed by atoms with van der Waals surface area (Å²) in [5.41, 5.74) is 0.631. The molecular weight excluding hydrogens is 419 g/mol. The van der Waals surface area contributed by atoms with Crippen molar-refractivity contribution < 1.29 is 22.3 Å². The van der Waals surface area contributed by atoms with Crippen LogP contribution in [0.3, 0.4) is 0 Å². The SMILES string of the molecule is CC(C)Oc1ccc(NC(=O)[C@@H]2C[C@@H]3CC[C@@H]2N(S(=O)(=O)c2ccccc2F)C3)cc1. The molecule has 0 unspecified atom stereocenters. The van der Waals surface area contributed by atoms with E-state index in [0.29, 0.717) is 30.8 Å². The summed E-state index contributed by atoms with van der Waals surface area (Å²) in [6.45, 7) is 4.20. The van der Waals surface area contributed by atoms with Gasteiger partial charge >= 0.3 is 0 Å². The van der Waals surface area contributed by atoms with Crippen LogP contribution in [0.2, 0.25) is 0 Å². The van der Waals surface area contributed by atoms with Gasteiger partial charge < -0.3 is 10.1 Å². The molecular formula is C23H27FN2O4S. The number of hydrogen-bond acceptors (Lipinski definition) is 4. The molecule has 3 atom stereocenters. The standard InChI is InChI=1S/C23H27FN2O4S/c1-15(2)30-18-10-8-17(9-11-18)25-23(27)19-13-16-7-12-21(19)26(14-16)31(28,29)22-6-4-3-5-20(22)24/h3-6,8-11,15-16,19,21H,7,12-14H2,1-2H3,(H,25,27)/t16-,19+,21-/m0/s1. The monoisotopic (exact) mass is 446 g/mol. The lowest BCUT2D eigenvalue weighted by atomic mass is 9.73. The van der Waals surface area contributed by atoms with Crippen LogP contribution in [0, 0.1) is 17.7 Å². The van der Waals surface area contributed by atoms with Gasteiger partial charge in [0.1, 0.15) is 16.5 Å². The van der Waals surface area contributed by atoms with Gasteiger partial charge in [-0.15, -0.1) is 0 Å². The van der Waals surface area contributed by atoms with Crippen LogP contribution in [0.15, 0.2) is 53.4 Å². The summed E-state index contributed by atoms with van der Waals surface area (Å²) in [7, 11) is -4.02. The maximum absolute atomic E-state index is 14.2. The van der Waals surface area contributed by atoms with Gasteiger partial charge in [-0.05, 0) is 75.4 Å². The van der Waals surface area contributed by atoms with Crippen LogP contribution in [0.25, 0.3) is 0 Å². The maximum atomic E-state index is 14.2. The Kier molecular flexibility index (Phi) is 6.03. The summed E-state index contributed by atoms with van der Waals surface area (Å²) >= 11 is 0. The number of sulfonamides is 1. The van der Waals surface area contributed by atoms with Crippen LogP contribution in [0.4, 0.5) is 10.1 Å². The fourth-order valence-corrected chi connectivity index (χ4v) is 6.44. The molecule has 3 aliphatic rings. The summed E-state index contributed by atoms with van der Waals surface area (Å²) in [5, 5.41) is 2.91. The molecule has 2 heterocycles. The van der Waals surface area contributed by atoms with Crippen molar-refractivity contribution in [3.05, 3.63) is 54.3 Å². The highest BCUT2D eigenvalue weighted by molar-refractivity contribution is 7.89. The minimum Gasteiger partial charge on any atom is -0.491 e. The lowest BCUT2D eigenvalue weighted by molar-refractivity contribution is -0.125. The van der Waals surface area contributed by atoms with E-state index in [0.717, 1.165) is 12.5 Å². The van der Waals surface area contributed by atoms with E-state index in [-0.39, 0.29) is 22.8 Å². The molecule has 2 saturated heterocycles. The first-order valence-corrected chi connectivity index (χ1v) is 12.0. The van der Waals surface area contributed by atoms with E-state index in [1.165, 1.54) is 22.5 Å². The van der Waals surface area contributed by atoms with E-state index in [1.807, 2.05) is 13.8 Å². The number of nitrogens with zero attached hydrogens (tertiary/aromatic N) is 1. The van der Waals surface area contributed by atoms with Gasteiger partial charge in [0, 0.05) is 18.3 Å². The second kappa shape index (κ2) is 8.59. The van der Waals surface area contributed by atoms with Crippen LogP contribution in [-0.2, 0) is 14.8 Å². The van der Waals surface area contributed by atoms with E-state index in [9.17, 15) is 17.6 Å². The van der Waals surface area contributed by atoms with E-state index in [4.69, 9.17) is 4.74 Å². The molecule has 8 heteroatoms. The van der Waals surface area contributed by atoms with Gasteiger partial charge in [0.2, 0.25) is 15.9 Å². The third-order valence-electron chi connectivity index (χ3n) is 5.98. The van der Waals surface area contributed by atoms with Crippen LogP contribution in [0.1, 0.15) is 33.1 Å². The quantitative estimate of drug-likeness (QED) is 0.727. The summed E-state index contributed by atoms with van der Waals surface area (Å²) in [4.78, 5) is 12.7. The summed E-state index contributed by atoms with van der Waals surface area (Å²) < 4.78 is 47.6. The minimum absolute atomic E-state index is 0.0561. The molecule has 1 N–H and O–H groups in total. The molecule has 1 saturated carbocycles. The highest BCUT2D eigenvalue weighted by Crippen LogP contribution is 2.42. The number of anilines is 1. The highest BCUT2D eigenvalue weighted by atomic mass is 32.2. The third kappa shape index (κ3) is 4.45. The minimum atomic E-state index is -4.02. The highest BCUT2D eigenvalue weighted by Gasteiger charge is 2.49.